The summed E-state index contributed by atoms with van der Waals surface area (Å²) in [5, 5.41) is 20.0. The first-order chi connectivity index (χ1) is 8.82. The molecule has 8 heteroatoms. The highest BCUT2D eigenvalue weighted by Gasteiger charge is 2.23. The van der Waals surface area contributed by atoms with Crippen LogP contribution in [0, 0.1) is 0 Å². The second-order valence-electron chi connectivity index (χ2n) is 3.66. The molecule has 0 heterocycles. The maximum atomic E-state index is 11.3. The summed E-state index contributed by atoms with van der Waals surface area (Å²) in [5.74, 6) is -3.49. The minimum Gasteiger partial charge on any atom is -0.481 e. The molecule has 1 amide bonds. The van der Waals surface area contributed by atoms with Crippen LogP contribution in [-0.2, 0) is 9.59 Å². The molecule has 0 spiro atoms. The summed E-state index contributed by atoms with van der Waals surface area (Å²) in [7, 11) is 0. The molecule has 0 bridgehead atoms. The highest BCUT2D eigenvalue weighted by atomic mass is 35.5. The predicted octanol–water partition coefficient (Wildman–Crippen LogP) is 0.779. The summed E-state index contributed by atoms with van der Waals surface area (Å²) < 4.78 is 0. The molecule has 7 nitrogen and oxygen atoms in total. The fourth-order valence-corrected chi connectivity index (χ4v) is 1.72. The number of hydrogen-bond acceptors (Lipinski definition) is 4. The standard InChI is InChI=1S/C11H11ClN2O5/c12-5-2-1-3-6(9(5)10(13)17)14-7(11(18)19)4-8(15)16/h1-3,7,14H,4H2,(H2,13,17)(H,15,16)(H,18,19). The molecule has 0 aliphatic carbocycles. The van der Waals surface area contributed by atoms with Gasteiger partial charge in [0.05, 0.1) is 17.0 Å². The lowest BCUT2D eigenvalue weighted by Crippen LogP contribution is -2.32. The van der Waals surface area contributed by atoms with E-state index in [1.54, 1.807) is 0 Å². The van der Waals surface area contributed by atoms with Crippen molar-refractivity contribution in [2.45, 2.75) is 12.5 Å². The molecule has 0 radical (unpaired) electrons. The van der Waals surface area contributed by atoms with Crippen molar-refractivity contribution in [1.29, 1.82) is 0 Å². The number of carbonyl (C=O) groups excluding carboxylic acids is 1. The highest BCUT2D eigenvalue weighted by Crippen LogP contribution is 2.24. The minimum absolute atomic E-state index is 0.0527. The van der Waals surface area contributed by atoms with Crippen LogP contribution in [0.15, 0.2) is 18.2 Å². The van der Waals surface area contributed by atoms with Crippen LogP contribution in [-0.4, -0.2) is 34.1 Å². The van der Waals surface area contributed by atoms with Gasteiger partial charge in [-0.2, -0.15) is 0 Å². The van der Waals surface area contributed by atoms with Crippen LogP contribution in [0.2, 0.25) is 5.02 Å². The number of primary amides is 1. The molecule has 1 rings (SSSR count). The maximum absolute atomic E-state index is 11.3. The first-order valence-electron chi connectivity index (χ1n) is 5.12. The van der Waals surface area contributed by atoms with E-state index in [1.165, 1.54) is 18.2 Å². The van der Waals surface area contributed by atoms with Gasteiger partial charge in [-0.1, -0.05) is 17.7 Å². The Balaban J connectivity index is 3.09. The molecule has 0 aromatic heterocycles. The number of nitrogens with two attached hydrogens (primary N) is 1. The van der Waals surface area contributed by atoms with E-state index >= 15 is 0 Å². The zero-order valence-corrected chi connectivity index (χ0v) is 10.3. The molecule has 1 atom stereocenters. The van der Waals surface area contributed by atoms with Crippen molar-refractivity contribution in [1.82, 2.24) is 0 Å². The molecule has 1 aromatic rings. The second-order valence-corrected chi connectivity index (χ2v) is 4.07. The minimum atomic E-state index is -1.39. The average Bonchev–Trinajstić information content (AvgIpc) is 2.26. The maximum Gasteiger partial charge on any atom is 0.326 e. The number of amides is 1. The number of carbonyl (C=O) groups is 3. The van der Waals surface area contributed by atoms with E-state index in [4.69, 9.17) is 27.5 Å². The molecule has 1 unspecified atom stereocenters. The number of nitrogens with one attached hydrogen (secondary N) is 1. The van der Waals surface area contributed by atoms with Gasteiger partial charge in [0.2, 0.25) is 0 Å². The summed E-state index contributed by atoms with van der Waals surface area (Å²) in [6, 6.07) is 2.90. The van der Waals surface area contributed by atoms with E-state index in [0.29, 0.717) is 0 Å². The van der Waals surface area contributed by atoms with Gasteiger partial charge < -0.3 is 21.3 Å². The third kappa shape index (κ3) is 3.85. The first kappa shape index (κ1) is 14.8. The van der Waals surface area contributed by atoms with Crippen molar-refractivity contribution < 1.29 is 24.6 Å². The van der Waals surface area contributed by atoms with Crippen molar-refractivity contribution in [3.8, 4) is 0 Å². The fourth-order valence-electron chi connectivity index (χ4n) is 1.46. The molecule has 19 heavy (non-hydrogen) atoms. The van der Waals surface area contributed by atoms with Gasteiger partial charge in [-0.15, -0.1) is 0 Å². The van der Waals surface area contributed by atoms with Crippen LogP contribution < -0.4 is 11.1 Å². The molecule has 0 fully saturated rings. The quantitative estimate of drug-likeness (QED) is 0.611. The smallest absolute Gasteiger partial charge is 0.326 e. The predicted molar refractivity (Wildman–Crippen MR) is 67.3 cm³/mol. The molecular weight excluding hydrogens is 276 g/mol. The van der Waals surface area contributed by atoms with E-state index in [1.807, 2.05) is 0 Å². The molecule has 1 aromatic carbocycles. The lowest BCUT2D eigenvalue weighted by atomic mass is 10.1. The number of halogens is 1. The summed E-state index contributed by atoms with van der Waals surface area (Å²) in [4.78, 5) is 32.7. The second kappa shape index (κ2) is 6.05. The number of anilines is 1. The molecular formula is C11H11ClN2O5. The van der Waals surface area contributed by atoms with Crippen LogP contribution in [0.4, 0.5) is 5.69 Å². The first-order valence-corrected chi connectivity index (χ1v) is 5.50. The Hall–Kier alpha value is -2.28. The Kier molecular flexibility index (Phi) is 4.71. The topological polar surface area (TPSA) is 130 Å². The Morgan fingerprint density at radius 1 is 1.32 bits per heavy atom. The number of rotatable bonds is 6. The number of benzene rings is 1. The van der Waals surface area contributed by atoms with Crippen LogP contribution in [0.3, 0.4) is 0 Å². The normalized spacial score (nSPS) is 11.6. The van der Waals surface area contributed by atoms with Gasteiger partial charge in [0.15, 0.2) is 0 Å². The van der Waals surface area contributed by atoms with Gasteiger partial charge in [0.1, 0.15) is 6.04 Å². The highest BCUT2D eigenvalue weighted by molar-refractivity contribution is 6.34. The SMILES string of the molecule is NC(=O)c1c(Cl)cccc1NC(CC(=O)O)C(=O)O. The lowest BCUT2D eigenvalue weighted by Gasteiger charge is -2.16. The summed E-state index contributed by atoms with van der Waals surface area (Å²) in [6.07, 6.45) is -0.653. The van der Waals surface area contributed by atoms with Crippen molar-refractivity contribution in [2.75, 3.05) is 5.32 Å². The van der Waals surface area contributed by atoms with E-state index in [2.05, 4.69) is 5.32 Å². The third-order valence-corrected chi connectivity index (χ3v) is 2.58. The Bertz CT molecular complexity index is 532. The van der Waals surface area contributed by atoms with Gasteiger partial charge in [0.25, 0.3) is 5.91 Å². The van der Waals surface area contributed by atoms with Gasteiger partial charge >= 0.3 is 11.9 Å². The number of aliphatic carboxylic acids is 2. The van der Waals surface area contributed by atoms with Crippen LogP contribution >= 0.6 is 11.6 Å². The summed E-state index contributed by atoms with van der Waals surface area (Å²) in [6.45, 7) is 0. The van der Waals surface area contributed by atoms with Gasteiger partial charge in [0, 0.05) is 5.69 Å². The van der Waals surface area contributed by atoms with Crippen LogP contribution in [0.5, 0.6) is 0 Å². The third-order valence-electron chi connectivity index (χ3n) is 2.27. The van der Waals surface area contributed by atoms with E-state index < -0.39 is 30.3 Å². The summed E-state index contributed by atoms with van der Waals surface area (Å²) in [5.41, 5.74) is 5.14. The van der Waals surface area contributed by atoms with Crippen molar-refractivity contribution in [2.24, 2.45) is 5.73 Å². The van der Waals surface area contributed by atoms with Crippen molar-refractivity contribution >= 4 is 35.1 Å². The van der Waals surface area contributed by atoms with Gasteiger partial charge in [-0.3, -0.25) is 9.59 Å². The van der Waals surface area contributed by atoms with E-state index in [-0.39, 0.29) is 16.3 Å². The van der Waals surface area contributed by atoms with E-state index in [0.717, 1.165) is 0 Å². The zero-order valence-electron chi connectivity index (χ0n) is 9.59. The van der Waals surface area contributed by atoms with Gasteiger partial charge in [-0.25, -0.2) is 4.79 Å². The number of carboxylic acids is 2. The number of hydrogen-bond donors (Lipinski definition) is 4. The van der Waals surface area contributed by atoms with Crippen molar-refractivity contribution in [3.05, 3.63) is 28.8 Å². The molecule has 102 valence electrons. The van der Waals surface area contributed by atoms with Crippen LogP contribution in [0.1, 0.15) is 16.8 Å². The summed E-state index contributed by atoms with van der Waals surface area (Å²) >= 11 is 5.79. The average molecular weight is 287 g/mol. The number of carboxylic acid groups (broad SMARTS) is 2. The van der Waals surface area contributed by atoms with Crippen LogP contribution in [0.25, 0.3) is 0 Å². The molecule has 0 aliphatic heterocycles. The lowest BCUT2D eigenvalue weighted by molar-refractivity contribution is -0.144. The van der Waals surface area contributed by atoms with Gasteiger partial charge in [-0.05, 0) is 12.1 Å². The monoisotopic (exact) mass is 286 g/mol. The van der Waals surface area contributed by atoms with E-state index in [9.17, 15) is 14.4 Å². The Morgan fingerprint density at radius 2 is 1.95 bits per heavy atom. The molecule has 0 saturated carbocycles. The van der Waals surface area contributed by atoms with Crippen molar-refractivity contribution in [3.63, 3.8) is 0 Å². The molecule has 0 aliphatic rings. The Labute approximate surface area is 113 Å². The fraction of sp³-hybridized carbons (Fsp3) is 0.182. The largest absolute Gasteiger partial charge is 0.481 e. The zero-order chi connectivity index (χ0) is 14.6. The molecule has 5 N–H and O–H groups in total. The molecule has 0 saturated heterocycles. The Morgan fingerprint density at radius 3 is 2.42 bits per heavy atom.